The second-order valence-corrected chi connectivity index (χ2v) is 10.9. The lowest BCUT2D eigenvalue weighted by Gasteiger charge is -2.46. The number of fused-ring (bicyclic) bond motifs is 3. The number of aromatic amines is 1. The highest BCUT2D eigenvalue weighted by molar-refractivity contribution is 5.90. The summed E-state index contributed by atoms with van der Waals surface area (Å²) >= 11 is 0. The van der Waals surface area contributed by atoms with Crippen LogP contribution in [-0.2, 0) is 11.2 Å². The van der Waals surface area contributed by atoms with E-state index < -0.39 is 35.3 Å². The smallest absolute Gasteiger partial charge is 0.261 e. The number of benzene rings is 2. The van der Waals surface area contributed by atoms with Crippen LogP contribution in [0.2, 0.25) is 0 Å². The van der Waals surface area contributed by atoms with Gasteiger partial charge in [-0.2, -0.15) is 0 Å². The molecule has 0 unspecified atom stereocenters. The summed E-state index contributed by atoms with van der Waals surface area (Å²) < 4.78 is 65.2. The Kier molecular flexibility index (Phi) is 6.37. The van der Waals surface area contributed by atoms with E-state index in [1.54, 1.807) is 6.92 Å². The fourth-order valence-corrected chi connectivity index (χ4v) is 6.14. The molecule has 0 spiro atoms. The Balaban J connectivity index is 1.37. The van der Waals surface area contributed by atoms with Gasteiger partial charge in [-0.3, -0.25) is 14.1 Å². The Morgan fingerprint density at radius 1 is 1.16 bits per heavy atom. The van der Waals surface area contributed by atoms with Crippen LogP contribution in [0.4, 0.5) is 17.6 Å². The molecule has 1 N–H and O–H groups in total. The third-order valence-electron chi connectivity index (χ3n) is 8.30. The van der Waals surface area contributed by atoms with Crippen LogP contribution in [-0.4, -0.2) is 64.8 Å². The number of carbonyl (C=O) groups is 1. The molecule has 2 fully saturated rings. The van der Waals surface area contributed by atoms with Crippen LogP contribution in [0, 0.1) is 11.6 Å². The molecule has 38 heavy (non-hydrogen) atoms. The topological polar surface area (TPSA) is 48.6 Å². The van der Waals surface area contributed by atoms with E-state index in [-0.39, 0.29) is 36.9 Å². The second kappa shape index (κ2) is 9.59. The minimum absolute atomic E-state index is 0.0541. The van der Waals surface area contributed by atoms with Crippen LogP contribution in [0.1, 0.15) is 55.5 Å². The number of rotatable bonds is 7. The van der Waals surface area contributed by atoms with Gasteiger partial charge in [0.1, 0.15) is 29.5 Å². The van der Waals surface area contributed by atoms with Gasteiger partial charge in [-0.1, -0.05) is 18.2 Å². The molecule has 0 radical (unpaired) electrons. The zero-order valence-electron chi connectivity index (χ0n) is 21.3. The van der Waals surface area contributed by atoms with Gasteiger partial charge in [-0.15, -0.1) is 0 Å². The van der Waals surface area contributed by atoms with Gasteiger partial charge in [0.15, 0.2) is 5.67 Å². The van der Waals surface area contributed by atoms with Crippen LogP contribution in [0.3, 0.4) is 0 Å². The lowest BCUT2D eigenvalue weighted by atomic mass is 9.78. The number of nitrogens with one attached hydrogen (secondary N) is 1. The van der Waals surface area contributed by atoms with Crippen LogP contribution in [0.5, 0.6) is 5.75 Å². The molecule has 3 aliphatic rings. The molecule has 3 heterocycles. The summed E-state index contributed by atoms with van der Waals surface area (Å²) in [6, 6.07) is 8.25. The van der Waals surface area contributed by atoms with Gasteiger partial charge in [0.25, 0.3) is 5.91 Å². The molecule has 1 amide bonds. The maximum absolute atomic E-state index is 15.8. The predicted octanol–water partition coefficient (Wildman–Crippen LogP) is 5.62. The zero-order valence-corrected chi connectivity index (χ0v) is 21.3. The van der Waals surface area contributed by atoms with E-state index in [2.05, 4.69) is 4.98 Å². The van der Waals surface area contributed by atoms with Crippen LogP contribution in [0.25, 0.3) is 10.9 Å². The number of aromatic nitrogens is 1. The molecule has 2 atom stereocenters. The Morgan fingerprint density at radius 3 is 2.53 bits per heavy atom. The summed E-state index contributed by atoms with van der Waals surface area (Å²) in [5.41, 5.74) is -0.124. The van der Waals surface area contributed by atoms with Crippen LogP contribution in [0.15, 0.2) is 36.4 Å². The Bertz CT molecular complexity index is 1340. The first-order valence-corrected chi connectivity index (χ1v) is 13.3. The summed E-state index contributed by atoms with van der Waals surface area (Å²) in [5.74, 6) is -2.36. The summed E-state index contributed by atoms with van der Waals surface area (Å²) in [6.07, 6.45) is 1.48. The van der Waals surface area contributed by atoms with Crippen LogP contribution < -0.4 is 4.74 Å². The lowest BCUT2D eigenvalue weighted by molar-refractivity contribution is -0.155. The van der Waals surface area contributed by atoms with Crippen molar-refractivity contribution < 1.29 is 27.1 Å². The van der Waals surface area contributed by atoms with Gasteiger partial charge >= 0.3 is 0 Å². The second-order valence-electron chi connectivity index (χ2n) is 10.9. The number of hydrogen-bond donors (Lipinski definition) is 1. The molecule has 2 aromatic carbocycles. The zero-order chi connectivity index (χ0) is 26.6. The summed E-state index contributed by atoms with van der Waals surface area (Å²) in [7, 11) is 0. The van der Waals surface area contributed by atoms with Gasteiger partial charge in [-0.05, 0) is 50.7 Å². The summed E-state index contributed by atoms with van der Waals surface area (Å²) in [4.78, 5) is 20.2. The molecule has 1 aromatic heterocycles. The van der Waals surface area contributed by atoms with Gasteiger partial charge in [0, 0.05) is 54.4 Å². The number of para-hydroxylation sites is 1. The number of ether oxygens (including phenoxy) is 1. The summed E-state index contributed by atoms with van der Waals surface area (Å²) in [5, 5.41) is 0.924. The van der Waals surface area contributed by atoms with Crippen molar-refractivity contribution in [1.82, 2.24) is 14.8 Å². The molecule has 2 aliphatic heterocycles. The molecular formula is C29H31F4N3O2. The third-order valence-corrected chi connectivity index (χ3v) is 8.30. The fraction of sp³-hybridized carbons (Fsp3) is 0.483. The van der Waals surface area contributed by atoms with Gasteiger partial charge in [0.05, 0.1) is 12.2 Å². The highest BCUT2D eigenvalue weighted by Gasteiger charge is 2.52. The first-order valence-electron chi connectivity index (χ1n) is 13.3. The standard InChI is InChI=1S/C29H31F4N3O2/c1-17-12-21-20-6-2-3-7-24(20)34-26(21)27(36(17)28(37)29(33)8-4-9-29)25-22(31)13-18(14-23(25)32)38-19-15-35(16-19)11-5-10-30/h2-3,6-7,13-14,17,19,27,34H,4-5,8-12,15-16H2,1H3/t17-,27-/m1/s1. The van der Waals surface area contributed by atoms with Crippen molar-refractivity contribution in [3.8, 4) is 5.75 Å². The quantitative estimate of drug-likeness (QED) is 0.404. The van der Waals surface area contributed by atoms with Crippen molar-refractivity contribution in [2.45, 2.75) is 62.9 Å². The van der Waals surface area contributed by atoms with Crippen molar-refractivity contribution in [3.05, 3.63) is 64.9 Å². The Morgan fingerprint density at radius 2 is 1.87 bits per heavy atom. The molecule has 3 aromatic rings. The van der Waals surface area contributed by atoms with E-state index in [1.165, 1.54) is 4.90 Å². The monoisotopic (exact) mass is 529 g/mol. The Hall–Kier alpha value is -3.07. The van der Waals surface area contributed by atoms with E-state index in [0.29, 0.717) is 44.6 Å². The first kappa shape index (κ1) is 25.2. The van der Waals surface area contributed by atoms with E-state index in [9.17, 15) is 9.18 Å². The average molecular weight is 530 g/mol. The maximum Gasteiger partial charge on any atom is 0.261 e. The van der Waals surface area contributed by atoms with E-state index in [1.807, 2.05) is 29.2 Å². The van der Waals surface area contributed by atoms with Crippen molar-refractivity contribution in [1.29, 1.82) is 0 Å². The van der Waals surface area contributed by atoms with E-state index in [4.69, 9.17) is 4.74 Å². The van der Waals surface area contributed by atoms with Gasteiger partial charge < -0.3 is 14.6 Å². The van der Waals surface area contributed by atoms with Crippen molar-refractivity contribution in [2.24, 2.45) is 0 Å². The molecule has 0 bridgehead atoms. The Labute approximate surface area is 218 Å². The molecule has 1 saturated heterocycles. The van der Waals surface area contributed by atoms with Crippen molar-refractivity contribution in [2.75, 3.05) is 26.3 Å². The molecular weight excluding hydrogens is 498 g/mol. The fourth-order valence-electron chi connectivity index (χ4n) is 6.14. The number of hydrogen-bond acceptors (Lipinski definition) is 3. The van der Waals surface area contributed by atoms with Gasteiger partial charge in [-0.25, -0.2) is 13.2 Å². The summed E-state index contributed by atoms with van der Waals surface area (Å²) in [6.45, 7) is 3.15. The molecule has 1 saturated carbocycles. The maximum atomic E-state index is 15.8. The normalized spacial score (nSPS) is 23.1. The molecule has 9 heteroatoms. The number of carbonyl (C=O) groups excluding carboxylic acids is 1. The highest BCUT2D eigenvalue weighted by atomic mass is 19.1. The lowest BCUT2D eigenvalue weighted by Crippen LogP contribution is -2.56. The molecule has 1 aliphatic carbocycles. The number of halogens is 4. The number of H-pyrrole nitrogens is 1. The largest absolute Gasteiger partial charge is 0.488 e. The number of likely N-dealkylation sites (tertiary alicyclic amines) is 1. The number of alkyl halides is 2. The van der Waals surface area contributed by atoms with Crippen molar-refractivity contribution in [3.63, 3.8) is 0 Å². The third kappa shape index (κ3) is 4.15. The highest BCUT2D eigenvalue weighted by Crippen LogP contribution is 2.47. The van der Waals surface area contributed by atoms with E-state index in [0.717, 1.165) is 28.6 Å². The van der Waals surface area contributed by atoms with Gasteiger partial charge in [0.2, 0.25) is 0 Å². The SMILES string of the molecule is C[C@@H]1Cc2c([nH]c3ccccc23)[C@@H](c2c(F)cc(OC3CN(CCCF)C3)cc2F)N1C(=O)C1(F)CCC1. The number of amides is 1. The predicted molar refractivity (Wildman–Crippen MR) is 136 cm³/mol. The molecule has 202 valence electrons. The van der Waals surface area contributed by atoms with E-state index >= 15 is 13.2 Å². The minimum Gasteiger partial charge on any atom is -0.488 e. The number of nitrogens with zero attached hydrogens (tertiary/aromatic N) is 2. The van der Waals surface area contributed by atoms with Crippen LogP contribution >= 0.6 is 0 Å². The average Bonchev–Trinajstić information content (AvgIpc) is 3.21. The first-order chi connectivity index (χ1) is 18.3. The minimum atomic E-state index is -2.01. The molecule has 6 rings (SSSR count). The molecule has 5 nitrogen and oxygen atoms in total. The van der Waals surface area contributed by atoms with Crippen molar-refractivity contribution >= 4 is 16.8 Å².